The van der Waals surface area contributed by atoms with E-state index in [0.29, 0.717) is 0 Å². The Hall–Kier alpha value is -1.06. The highest BCUT2D eigenvalue weighted by Gasteiger charge is 2.47. The quantitative estimate of drug-likeness (QED) is 0.725. The van der Waals surface area contributed by atoms with Gasteiger partial charge < -0.3 is 10.6 Å². The maximum Gasteiger partial charge on any atom is 0.228 e. The Morgan fingerprint density at radius 2 is 1.36 bits per heavy atom. The average Bonchev–Trinajstić information content (AvgIpc) is 2.01. The zero-order valence-electron chi connectivity index (χ0n) is 9.84. The summed E-state index contributed by atoms with van der Waals surface area (Å²) in [5.74, 6) is -0.556. The van der Waals surface area contributed by atoms with E-state index < -0.39 is 16.7 Å². The van der Waals surface area contributed by atoms with Crippen molar-refractivity contribution in [1.82, 2.24) is 4.90 Å². The van der Waals surface area contributed by atoms with Gasteiger partial charge in [-0.15, -0.1) is 0 Å². The molecular formula is C10H20N2O2. The zero-order chi connectivity index (χ0) is 11.7. The number of rotatable bonds is 3. The van der Waals surface area contributed by atoms with Crippen LogP contribution in [0.2, 0.25) is 0 Å². The van der Waals surface area contributed by atoms with Crippen LogP contribution in [0.1, 0.15) is 27.7 Å². The van der Waals surface area contributed by atoms with Crippen LogP contribution in [0.3, 0.4) is 0 Å². The maximum atomic E-state index is 11.8. The van der Waals surface area contributed by atoms with Gasteiger partial charge in [0.25, 0.3) is 0 Å². The zero-order valence-corrected chi connectivity index (χ0v) is 9.84. The maximum absolute atomic E-state index is 11.8. The van der Waals surface area contributed by atoms with Gasteiger partial charge in [0.05, 0.1) is 10.8 Å². The molecule has 0 saturated heterocycles. The van der Waals surface area contributed by atoms with Crippen molar-refractivity contribution in [3.63, 3.8) is 0 Å². The lowest BCUT2D eigenvalue weighted by atomic mass is 9.66. The average molecular weight is 200 g/mol. The third kappa shape index (κ3) is 1.89. The molecule has 0 bridgehead atoms. The summed E-state index contributed by atoms with van der Waals surface area (Å²) < 4.78 is 0. The molecule has 0 radical (unpaired) electrons. The largest absolute Gasteiger partial charge is 0.369 e. The SMILES string of the molecule is CN(C)C(=O)C(C)(C)C(C)(C)C(N)=O. The number of carbonyl (C=O) groups is 2. The highest BCUT2D eigenvalue weighted by atomic mass is 16.2. The molecule has 0 rings (SSSR count). The van der Waals surface area contributed by atoms with E-state index in [1.54, 1.807) is 41.8 Å². The number of hydrogen-bond donors (Lipinski definition) is 1. The lowest BCUT2D eigenvalue weighted by Crippen LogP contribution is -2.51. The first-order valence-corrected chi connectivity index (χ1v) is 4.56. The molecule has 2 N–H and O–H groups in total. The summed E-state index contributed by atoms with van der Waals surface area (Å²) in [7, 11) is 3.34. The van der Waals surface area contributed by atoms with Crippen LogP contribution in [0.15, 0.2) is 0 Å². The molecule has 0 aliphatic heterocycles. The molecule has 14 heavy (non-hydrogen) atoms. The van der Waals surface area contributed by atoms with E-state index in [1.807, 2.05) is 0 Å². The monoisotopic (exact) mass is 200 g/mol. The first-order valence-electron chi connectivity index (χ1n) is 4.56. The van der Waals surface area contributed by atoms with Crippen LogP contribution >= 0.6 is 0 Å². The number of nitrogens with zero attached hydrogens (tertiary/aromatic N) is 1. The van der Waals surface area contributed by atoms with Crippen molar-refractivity contribution in [3.8, 4) is 0 Å². The van der Waals surface area contributed by atoms with Gasteiger partial charge in [-0.1, -0.05) is 13.8 Å². The standard InChI is InChI=1S/C10H20N2O2/c1-9(2,7(11)13)10(3,4)8(14)12(5)6/h1-6H3,(H2,11,13). The van der Waals surface area contributed by atoms with Crippen molar-refractivity contribution >= 4 is 11.8 Å². The summed E-state index contributed by atoms with van der Waals surface area (Å²) in [6, 6.07) is 0. The Kier molecular flexibility index (Phi) is 3.32. The molecule has 0 aliphatic carbocycles. The Balaban J connectivity index is 5.14. The van der Waals surface area contributed by atoms with Gasteiger partial charge in [0.2, 0.25) is 11.8 Å². The fourth-order valence-electron chi connectivity index (χ4n) is 1.13. The Morgan fingerprint density at radius 1 is 1.00 bits per heavy atom. The van der Waals surface area contributed by atoms with Gasteiger partial charge >= 0.3 is 0 Å². The topological polar surface area (TPSA) is 63.4 Å². The Bertz CT molecular complexity index is 255. The molecule has 4 nitrogen and oxygen atoms in total. The third-order valence-corrected chi connectivity index (χ3v) is 3.12. The predicted molar refractivity (Wildman–Crippen MR) is 55.5 cm³/mol. The molecule has 0 aromatic carbocycles. The minimum Gasteiger partial charge on any atom is -0.369 e. The normalized spacial score (nSPS) is 12.4. The molecule has 0 saturated carbocycles. The number of nitrogens with two attached hydrogens (primary N) is 1. The van der Waals surface area contributed by atoms with Crippen molar-refractivity contribution in [2.75, 3.05) is 14.1 Å². The second-order valence-corrected chi connectivity index (χ2v) is 4.81. The van der Waals surface area contributed by atoms with Crippen molar-refractivity contribution in [3.05, 3.63) is 0 Å². The lowest BCUT2D eigenvalue weighted by molar-refractivity contribution is -0.151. The van der Waals surface area contributed by atoms with Gasteiger partial charge in [0.1, 0.15) is 0 Å². The molecule has 0 heterocycles. The van der Waals surface area contributed by atoms with Crippen LogP contribution in [0, 0.1) is 10.8 Å². The van der Waals surface area contributed by atoms with Crippen LogP contribution in [0.5, 0.6) is 0 Å². The van der Waals surface area contributed by atoms with E-state index in [4.69, 9.17) is 5.73 Å². The van der Waals surface area contributed by atoms with Crippen molar-refractivity contribution in [1.29, 1.82) is 0 Å². The van der Waals surface area contributed by atoms with Crippen LogP contribution in [-0.4, -0.2) is 30.8 Å². The number of primary amides is 1. The van der Waals surface area contributed by atoms with E-state index in [0.717, 1.165) is 0 Å². The second-order valence-electron chi connectivity index (χ2n) is 4.81. The fourth-order valence-corrected chi connectivity index (χ4v) is 1.13. The van der Waals surface area contributed by atoms with E-state index in [2.05, 4.69) is 0 Å². The van der Waals surface area contributed by atoms with Crippen molar-refractivity contribution in [2.45, 2.75) is 27.7 Å². The van der Waals surface area contributed by atoms with Crippen molar-refractivity contribution in [2.24, 2.45) is 16.6 Å². The highest BCUT2D eigenvalue weighted by molar-refractivity contribution is 5.91. The summed E-state index contributed by atoms with van der Waals surface area (Å²) in [6.07, 6.45) is 0. The van der Waals surface area contributed by atoms with Gasteiger partial charge in [0.15, 0.2) is 0 Å². The van der Waals surface area contributed by atoms with Crippen LogP contribution in [0.4, 0.5) is 0 Å². The molecule has 0 aromatic heterocycles. The van der Waals surface area contributed by atoms with Crippen LogP contribution in [-0.2, 0) is 9.59 Å². The van der Waals surface area contributed by atoms with Gasteiger partial charge in [0, 0.05) is 14.1 Å². The van der Waals surface area contributed by atoms with Gasteiger partial charge in [-0.05, 0) is 13.8 Å². The fraction of sp³-hybridized carbons (Fsp3) is 0.800. The summed E-state index contributed by atoms with van der Waals surface area (Å²) in [5, 5.41) is 0. The minimum absolute atomic E-state index is 0.0960. The molecular weight excluding hydrogens is 180 g/mol. The molecule has 0 aliphatic rings. The summed E-state index contributed by atoms with van der Waals surface area (Å²) >= 11 is 0. The number of amides is 2. The van der Waals surface area contributed by atoms with E-state index in [1.165, 1.54) is 4.90 Å². The Morgan fingerprint density at radius 3 is 1.57 bits per heavy atom. The highest BCUT2D eigenvalue weighted by Crippen LogP contribution is 2.39. The summed E-state index contributed by atoms with van der Waals surface area (Å²) in [6.45, 7) is 6.85. The minimum atomic E-state index is -0.853. The van der Waals surface area contributed by atoms with Crippen LogP contribution < -0.4 is 5.73 Å². The molecule has 4 heteroatoms. The summed E-state index contributed by atoms with van der Waals surface area (Å²) in [5.41, 5.74) is 3.64. The Labute approximate surface area is 85.4 Å². The number of carbonyl (C=O) groups excluding carboxylic acids is 2. The van der Waals surface area contributed by atoms with Crippen molar-refractivity contribution < 1.29 is 9.59 Å². The van der Waals surface area contributed by atoms with E-state index >= 15 is 0 Å². The second kappa shape index (κ2) is 3.59. The van der Waals surface area contributed by atoms with Crippen LogP contribution in [0.25, 0.3) is 0 Å². The first-order chi connectivity index (χ1) is 6.05. The molecule has 0 fully saturated rings. The molecule has 0 spiro atoms. The first kappa shape index (κ1) is 12.9. The van der Waals surface area contributed by atoms with E-state index in [-0.39, 0.29) is 5.91 Å². The molecule has 82 valence electrons. The third-order valence-electron chi connectivity index (χ3n) is 3.12. The van der Waals surface area contributed by atoms with Gasteiger partial charge in [-0.2, -0.15) is 0 Å². The molecule has 2 amide bonds. The smallest absolute Gasteiger partial charge is 0.228 e. The summed E-state index contributed by atoms with van der Waals surface area (Å²) in [4.78, 5) is 24.6. The van der Waals surface area contributed by atoms with Gasteiger partial charge in [-0.3, -0.25) is 9.59 Å². The predicted octanol–water partition coefficient (Wildman–Crippen LogP) is 0.612. The molecule has 0 aromatic rings. The molecule has 0 atom stereocenters. The lowest BCUT2D eigenvalue weighted by Gasteiger charge is -2.39. The molecule has 0 unspecified atom stereocenters. The van der Waals surface area contributed by atoms with Gasteiger partial charge in [-0.25, -0.2) is 0 Å². The number of hydrogen-bond acceptors (Lipinski definition) is 2. The van der Waals surface area contributed by atoms with E-state index in [9.17, 15) is 9.59 Å².